The van der Waals surface area contributed by atoms with Gasteiger partial charge in [0.25, 0.3) is 5.91 Å². The van der Waals surface area contributed by atoms with Gasteiger partial charge in [0.2, 0.25) is 0 Å². The zero-order valence-electron chi connectivity index (χ0n) is 21.0. The third-order valence-corrected chi connectivity index (χ3v) is 7.58. The van der Waals surface area contributed by atoms with Crippen LogP contribution in [0.4, 0.5) is 0 Å². The highest BCUT2D eigenvalue weighted by molar-refractivity contribution is 5.93. The summed E-state index contributed by atoms with van der Waals surface area (Å²) >= 11 is 0. The predicted molar refractivity (Wildman–Crippen MR) is 137 cm³/mol. The van der Waals surface area contributed by atoms with Gasteiger partial charge in [0.05, 0.1) is 5.69 Å². The second-order valence-electron chi connectivity index (χ2n) is 10.4. The fraction of sp³-hybridized carbons (Fsp3) is 0.517. The van der Waals surface area contributed by atoms with Crippen LogP contribution in [-0.4, -0.2) is 43.8 Å². The Labute approximate surface area is 207 Å². The van der Waals surface area contributed by atoms with E-state index in [1.54, 1.807) is 0 Å². The smallest absolute Gasteiger partial charge is 0.272 e. The van der Waals surface area contributed by atoms with Crippen molar-refractivity contribution in [3.63, 3.8) is 0 Å². The number of fused-ring (bicyclic) bond motifs is 1. The zero-order valence-corrected chi connectivity index (χ0v) is 21.0. The Morgan fingerprint density at radius 3 is 2.57 bits per heavy atom. The number of likely N-dealkylation sites (tertiary alicyclic amines) is 1. The van der Waals surface area contributed by atoms with E-state index in [4.69, 9.17) is 10.1 Å². The van der Waals surface area contributed by atoms with Crippen LogP contribution in [0.15, 0.2) is 36.4 Å². The monoisotopic (exact) mass is 472 g/mol. The molecule has 0 bridgehead atoms. The number of aromatic nitrogens is 3. The third-order valence-electron chi connectivity index (χ3n) is 7.58. The number of carbonyl (C=O) groups excluding carboxylic acids is 2. The Hall–Kier alpha value is -3.02. The van der Waals surface area contributed by atoms with Gasteiger partial charge < -0.3 is 4.90 Å². The third kappa shape index (κ3) is 5.47. The van der Waals surface area contributed by atoms with Gasteiger partial charge in [0.1, 0.15) is 11.5 Å². The molecular formula is C29H36N4O2. The van der Waals surface area contributed by atoms with Crippen molar-refractivity contribution < 1.29 is 9.59 Å². The molecule has 1 unspecified atom stereocenters. The van der Waals surface area contributed by atoms with Gasteiger partial charge in [-0.15, -0.1) is 0 Å². The number of carbonyl (C=O) groups is 2. The molecule has 5 rings (SSSR count). The van der Waals surface area contributed by atoms with Crippen molar-refractivity contribution in [2.45, 2.75) is 84.1 Å². The van der Waals surface area contributed by atoms with Crippen molar-refractivity contribution in [3.05, 3.63) is 53.3 Å². The summed E-state index contributed by atoms with van der Waals surface area (Å²) in [6.45, 7) is 5.02. The second-order valence-corrected chi connectivity index (χ2v) is 10.4. The quantitative estimate of drug-likeness (QED) is 0.424. The van der Waals surface area contributed by atoms with Gasteiger partial charge in [-0.2, -0.15) is 5.10 Å². The van der Waals surface area contributed by atoms with E-state index < -0.39 is 0 Å². The Morgan fingerprint density at radius 1 is 1.03 bits per heavy atom. The molecule has 1 aliphatic heterocycles. The minimum Gasteiger partial charge on any atom is -0.335 e. The first-order valence-corrected chi connectivity index (χ1v) is 13.3. The van der Waals surface area contributed by atoms with Gasteiger partial charge >= 0.3 is 0 Å². The topological polar surface area (TPSA) is 67.6 Å². The standard InChI is InChI=1S/C29H36N4O2/c1-3-24-18-27(29(35)32-16-6-4-5-7-20(32)2)30-28-19-26(31-33(24)28)23-13-10-22(11-14-23)17-25(34)15-12-21-8-9-21/h10-11,13-14,18-21H,3-9,12,15-17H2,1-2H3. The number of hydrogen-bond donors (Lipinski definition) is 0. The molecule has 0 spiro atoms. The van der Waals surface area contributed by atoms with Gasteiger partial charge in [-0.05, 0) is 50.2 Å². The highest BCUT2D eigenvalue weighted by Gasteiger charge is 2.25. The fourth-order valence-corrected chi connectivity index (χ4v) is 5.14. The SMILES string of the molecule is CCc1cc(C(=O)N2CCCCCC2C)nc2cc(-c3ccc(CC(=O)CCC4CC4)cc3)nn12. The molecule has 0 N–H and O–H groups in total. The summed E-state index contributed by atoms with van der Waals surface area (Å²) in [4.78, 5) is 32.4. The van der Waals surface area contributed by atoms with Crippen LogP contribution in [0.1, 0.15) is 87.0 Å². The molecular weight excluding hydrogens is 436 g/mol. The lowest BCUT2D eigenvalue weighted by molar-refractivity contribution is -0.118. The van der Waals surface area contributed by atoms with E-state index in [2.05, 4.69) is 13.8 Å². The molecule has 0 radical (unpaired) electrons. The molecule has 2 aliphatic rings. The summed E-state index contributed by atoms with van der Waals surface area (Å²) in [5, 5.41) is 4.81. The van der Waals surface area contributed by atoms with Crippen molar-refractivity contribution in [2.24, 2.45) is 5.92 Å². The average Bonchev–Trinajstić information content (AvgIpc) is 3.64. The minimum atomic E-state index is 0.0232. The molecule has 2 aromatic heterocycles. The first-order valence-electron chi connectivity index (χ1n) is 13.3. The molecule has 1 amide bonds. The van der Waals surface area contributed by atoms with Gasteiger partial charge in [0.15, 0.2) is 5.65 Å². The molecule has 3 heterocycles. The molecule has 6 heteroatoms. The largest absolute Gasteiger partial charge is 0.335 e. The number of ketones is 1. The van der Waals surface area contributed by atoms with Crippen molar-refractivity contribution in [3.8, 4) is 11.3 Å². The van der Waals surface area contributed by atoms with Crippen LogP contribution in [0.25, 0.3) is 16.9 Å². The number of nitrogens with zero attached hydrogens (tertiary/aromatic N) is 4. The molecule has 6 nitrogen and oxygen atoms in total. The molecule has 1 atom stereocenters. The van der Waals surface area contributed by atoms with E-state index in [0.717, 1.165) is 60.7 Å². The molecule has 1 saturated carbocycles. The summed E-state index contributed by atoms with van der Waals surface area (Å²) in [5.74, 6) is 1.14. The van der Waals surface area contributed by atoms with Gasteiger partial charge in [-0.25, -0.2) is 9.50 Å². The summed E-state index contributed by atoms with van der Waals surface area (Å²) in [6.07, 6.45) is 10.1. The van der Waals surface area contributed by atoms with Crippen LogP contribution >= 0.6 is 0 Å². The molecule has 2 fully saturated rings. The maximum absolute atomic E-state index is 13.4. The van der Waals surface area contributed by atoms with Crippen molar-refractivity contribution in [1.82, 2.24) is 19.5 Å². The van der Waals surface area contributed by atoms with E-state index in [-0.39, 0.29) is 11.9 Å². The molecule has 35 heavy (non-hydrogen) atoms. The Morgan fingerprint density at radius 2 is 1.83 bits per heavy atom. The van der Waals surface area contributed by atoms with Crippen LogP contribution in [0, 0.1) is 5.92 Å². The normalized spacial score (nSPS) is 18.6. The predicted octanol–water partition coefficient (Wildman–Crippen LogP) is 5.67. The lowest BCUT2D eigenvalue weighted by atomic mass is 10.0. The number of benzene rings is 1. The lowest BCUT2D eigenvalue weighted by Crippen LogP contribution is -2.38. The summed E-state index contributed by atoms with van der Waals surface area (Å²) in [5.41, 5.74) is 5.04. The number of Topliss-reactive ketones (excluding diaryl/α,β-unsaturated/α-hetero) is 1. The minimum absolute atomic E-state index is 0.0232. The molecule has 3 aromatic rings. The zero-order chi connectivity index (χ0) is 24.4. The molecule has 1 saturated heterocycles. The van der Waals surface area contributed by atoms with E-state index in [1.807, 2.05) is 45.8 Å². The molecule has 184 valence electrons. The van der Waals surface area contributed by atoms with E-state index in [0.29, 0.717) is 30.0 Å². The maximum atomic E-state index is 13.4. The highest BCUT2D eigenvalue weighted by atomic mass is 16.2. The van der Waals surface area contributed by atoms with Crippen LogP contribution in [0.5, 0.6) is 0 Å². The Bertz CT molecular complexity index is 1210. The number of amides is 1. The Balaban J connectivity index is 1.35. The maximum Gasteiger partial charge on any atom is 0.272 e. The van der Waals surface area contributed by atoms with Crippen molar-refractivity contribution in [1.29, 1.82) is 0 Å². The van der Waals surface area contributed by atoms with E-state index in [1.165, 1.54) is 25.7 Å². The van der Waals surface area contributed by atoms with Crippen LogP contribution in [0.3, 0.4) is 0 Å². The Kier molecular flexibility index (Phi) is 6.98. The highest BCUT2D eigenvalue weighted by Crippen LogP contribution is 2.33. The lowest BCUT2D eigenvalue weighted by Gasteiger charge is -2.27. The second kappa shape index (κ2) is 10.3. The van der Waals surface area contributed by atoms with Crippen LogP contribution in [-0.2, 0) is 17.6 Å². The molecule has 1 aromatic carbocycles. The van der Waals surface area contributed by atoms with Gasteiger partial charge in [-0.1, -0.05) is 56.9 Å². The van der Waals surface area contributed by atoms with Crippen molar-refractivity contribution in [2.75, 3.05) is 6.54 Å². The van der Waals surface area contributed by atoms with Gasteiger partial charge in [-0.3, -0.25) is 9.59 Å². The van der Waals surface area contributed by atoms with Crippen molar-refractivity contribution >= 4 is 17.3 Å². The number of aryl methyl sites for hydroxylation is 1. The van der Waals surface area contributed by atoms with E-state index in [9.17, 15) is 9.59 Å². The fourth-order valence-electron chi connectivity index (χ4n) is 5.14. The summed E-state index contributed by atoms with van der Waals surface area (Å²) in [6, 6.07) is 12.2. The van der Waals surface area contributed by atoms with Crippen LogP contribution in [0.2, 0.25) is 0 Å². The number of rotatable bonds is 8. The first-order chi connectivity index (χ1) is 17.0. The van der Waals surface area contributed by atoms with Crippen LogP contribution < -0.4 is 0 Å². The average molecular weight is 473 g/mol. The first kappa shape index (κ1) is 23.7. The summed E-state index contributed by atoms with van der Waals surface area (Å²) in [7, 11) is 0. The number of hydrogen-bond acceptors (Lipinski definition) is 4. The van der Waals surface area contributed by atoms with E-state index >= 15 is 0 Å². The van der Waals surface area contributed by atoms with Gasteiger partial charge in [0, 0.05) is 42.8 Å². The summed E-state index contributed by atoms with van der Waals surface area (Å²) < 4.78 is 1.85. The molecule has 1 aliphatic carbocycles.